The van der Waals surface area contributed by atoms with E-state index in [2.05, 4.69) is 10.3 Å². The molecule has 1 aromatic rings. The number of aromatic nitrogens is 1. The number of anilines is 1. The highest BCUT2D eigenvalue weighted by Crippen LogP contribution is 2.22. The molecule has 16 heavy (non-hydrogen) atoms. The van der Waals surface area contributed by atoms with Gasteiger partial charge in [-0.05, 0) is 19.4 Å². The summed E-state index contributed by atoms with van der Waals surface area (Å²) in [7, 11) is 1.51. The summed E-state index contributed by atoms with van der Waals surface area (Å²) in [6.45, 7) is 3.61. The van der Waals surface area contributed by atoms with Crippen molar-refractivity contribution in [3.8, 4) is 0 Å². The van der Waals surface area contributed by atoms with Gasteiger partial charge in [0.15, 0.2) is 0 Å². The molecule has 0 aliphatic heterocycles. The fraction of sp³-hybridized carbons (Fsp3) is 0.455. The third-order valence-corrected chi connectivity index (χ3v) is 2.95. The zero-order valence-corrected chi connectivity index (χ0v) is 10.3. The van der Waals surface area contributed by atoms with Crippen LogP contribution in [0.25, 0.3) is 0 Å². The first-order chi connectivity index (χ1) is 7.53. The average molecular weight is 243 g/mol. The van der Waals surface area contributed by atoms with Gasteiger partial charge in [0.1, 0.15) is 5.60 Å². The first kappa shape index (κ1) is 12.9. The summed E-state index contributed by atoms with van der Waals surface area (Å²) in [5.41, 5.74) is -0.356. The molecule has 1 rings (SSSR count). The summed E-state index contributed by atoms with van der Waals surface area (Å²) < 4.78 is 5.19. The Morgan fingerprint density at radius 3 is 2.88 bits per heavy atom. The Balaban J connectivity index is 2.83. The normalized spacial score (nSPS) is 14.2. The van der Waals surface area contributed by atoms with Crippen LogP contribution in [-0.4, -0.2) is 23.6 Å². The standard InChI is InChI=1S/C11H15ClN2O2/c1-4-11(2,16-3)10(15)14-9-7-13-6-5-8(9)12/h5-7H,4H2,1-3H3,(H,14,15). The number of amides is 1. The van der Waals surface area contributed by atoms with Crippen molar-refractivity contribution < 1.29 is 9.53 Å². The Hall–Kier alpha value is -1.13. The van der Waals surface area contributed by atoms with Crippen LogP contribution in [0.3, 0.4) is 0 Å². The van der Waals surface area contributed by atoms with Gasteiger partial charge in [-0.3, -0.25) is 9.78 Å². The Kier molecular flexibility index (Phi) is 4.26. The molecule has 1 aromatic heterocycles. The van der Waals surface area contributed by atoms with E-state index in [1.54, 1.807) is 19.2 Å². The van der Waals surface area contributed by atoms with Gasteiger partial charge in [-0.15, -0.1) is 0 Å². The van der Waals surface area contributed by atoms with Gasteiger partial charge in [0, 0.05) is 13.3 Å². The van der Waals surface area contributed by atoms with E-state index in [0.29, 0.717) is 17.1 Å². The topological polar surface area (TPSA) is 51.2 Å². The minimum atomic E-state index is -0.848. The lowest BCUT2D eigenvalue weighted by Gasteiger charge is -2.25. The van der Waals surface area contributed by atoms with Crippen LogP contribution in [-0.2, 0) is 9.53 Å². The van der Waals surface area contributed by atoms with Crippen molar-refractivity contribution in [2.24, 2.45) is 0 Å². The first-order valence-corrected chi connectivity index (χ1v) is 5.37. The number of pyridine rings is 1. The zero-order valence-electron chi connectivity index (χ0n) is 9.58. The molecule has 0 radical (unpaired) electrons. The summed E-state index contributed by atoms with van der Waals surface area (Å²) in [5.74, 6) is -0.229. The molecule has 4 nitrogen and oxygen atoms in total. The van der Waals surface area contributed by atoms with Gasteiger partial charge in [-0.2, -0.15) is 0 Å². The molecule has 0 aliphatic carbocycles. The molecule has 0 fully saturated rings. The highest BCUT2D eigenvalue weighted by Gasteiger charge is 2.31. The molecule has 0 saturated carbocycles. The zero-order chi connectivity index (χ0) is 12.2. The van der Waals surface area contributed by atoms with Crippen LogP contribution >= 0.6 is 11.6 Å². The minimum absolute atomic E-state index is 0.229. The second kappa shape index (κ2) is 5.27. The largest absolute Gasteiger partial charge is 0.369 e. The van der Waals surface area contributed by atoms with Crippen molar-refractivity contribution in [3.05, 3.63) is 23.5 Å². The van der Waals surface area contributed by atoms with E-state index >= 15 is 0 Å². The van der Waals surface area contributed by atoms with Gasteiger partial charge < -0.3 is 10.1 Å². The van der Waals surface area contributed by atoms with Crippen molar-refractivity contribution in [2.75, 3.05) is 12.4 Å². The van der Waals surface area contributed by atoms with Crippen LogP contribution in [0.5, 0.6) is 0 Å². The fourth-order valence-corrected chi connectivity index (χ4v) is 1.27. The number of hydrogen-bond donors (Lipinski definition) is 1. The van der Waals surface area contributed by atoms with E-state index in [0.717, 1.165) is 0 Å². The number of ether oxygens (including phenoxy) is 1. The lowest BCUT2D eigenvalue weighted by Crippen LogP contribution is -2.41. The molecular formula is C11H15ClN2O2. The molecule has 1 atom stereocenters. The lowest BCUT2D eigenvalue weighted by atomic mass is 10.0. The number of nitrogens with one attached hydrogen (secondary N) is 1. The van der Waals surface area contributed by atoms with Crippen LogP contribution in [0, 0.1) is 0 Å². The Morgan fingerprint density at radius 1 is 1.69 bits per heavy atom. The molecule has 0 spiro atoms. The summed E-state index contributed by atoms with van der Waals surface area (Å²) in [6, 6.07) is 1.62. The maximum Gasteiger partial charge on any atom is 0.256 e. The maximum atomic E-state index is 11.9. The van der Waals surface area contributed by atoms with Crippen molar-refractivity contribution in [2.45, 2.75) is 25.9 Å². The van der Waals surface area contributed by atoms with Gasteiger partial charge in [0.2, 0.25) is 0 Å². The van der Waals surface area contributed by atoms with Crippen molar-refractivity contribution in [1.29, 1.82) is 0 Å². The van der Waals surface area contributed by atoms with Gasteiger partial charge >= 0.3 is 0 Å². The van der Waals surface area contributed by atoms with E-state index in [1.807, 2.05) is 6.92 Å². The molecule has 0 bridgehead atoms. The Morgan fingerprint density at radius 2 is 2.38 bits per heavy atom. The summed E-state index contributed by atoms with van der Waals surface area (Å²) in [5, 5.41) is 3.15. The van der Waals surface area contributed by atoms with Gasteiger partial charge in [-0.25, -0.2) is 0 Å². The number of halogens is 1. The quantitative estimate of drug-likeness (QED) is 0.883. The van der Waals surface area contributed by atoms with Crippen LogP contribution < -0.4 is 5.32 Å². The number of hydrogen-bond acceptors (Lipinski definition) is 3. The minimum Gasteiger partial charge on any atom is -0.369 e. The number of rotatable bonds is 4. The molecule has 1 amide bonds. The molecule has 1 unspecified atom stereocenters. The lowest BCUT2D eigenvalue weighted by molar-refractivity contribution is -0.136. The molecular weight excluding hydrogens is 228 g/mol. The van der Waals surface area contributed by atoms with Crippen LogP contribution in [0.1, 0.15) is 20.3 Å². The van der Waals surface area contributed by atoms with E-state index in [-0.39, 0.29) is 5.91 Å². The molecule has 0 aromatic carbocycles. The molecule has 5 heteroatoms. The predicted octanol–water partition coefficient (Wildman–Crippen LogP) is 2.49. The van der Waals surface area contributed by atoms with Crippen LogP contribution in [0.4, 0.5) is 5.69 Å². The second-order valence-electron chi connectivity index (χ2n) is 3.60. The Labute approximate surface area is 100.0 Å². The predicted molar refractivity (Wildman–Crippen MR) is 63.6 cm³/mol. The van der Waals surface area contributed by atoms with Gasteiger partial charge in [0.25, 0.3) is 5.91 Å². The fourth-order valence-electron chi connectivity index (χ4n) is 1.12. The Bertz CT molecular complexity index is 378. The van der Waals surface area contributed by atoms with E-state index in [4.69, 9.17) is 16.3 Å². The van der Waals surface area contributed by atoms with Crippen LogP contribution in [0.15, 0.2) is 18.5 Å². The smallest absolute Gasteiger partial charge is 0.256 e. The summed E-state index contributed by atoms with van der Waals surface area (Å²) >= 11 is 5.91. The van der Waals surface area contributed by atoms with Gasteiger partial charge in [-0.1, -0.05) is 18.5 Å². The number of methoxy groups -OCH3 is 1. The molecule has 88 valence electrons. The van der Waals surface area contributed by atoms with E-state index < -0.39 is 5.60 Å². The average Bonchev–Trinajstić information content (AvgIpc) is 2.31. The van der Waals surface area contributed by atoms with Crippen molar-refractivity contribution in [1.82, 2.24) is 4.98 Å². The molecule has 0 saturated heterocycles. The third kappa shape index (κ3) is 2.71. The van der Waals surface area contributed by atoms with Crippen molar-refractivity contribution in [3.63, 3.8) is 0 Å². The maximum absolute atomic E-state index is 11.9. The molecule has 0 aliphatic rings. The van der Waals surface area contributed by atoms with Gasteiger partial charge in [0.05, 0.1) is 16.9 Å². The highest BCUT2D eigenvalue weighted by atomic mass is 35.5. The number of carbonyl (C=O) groups is 1. The third-order valence-electron chi connectivity index (χ3n) is 2.62. The van der Waals surface area contributed by atoms with E-state index in [9.17, 15) is 4.79 Å². The first-order valence-electron chi connectivity index (χ1n) is 4.99. The SMILES string of the molecule is CCC(C)(OC)C(=O)Nc1cnccc1Cl. The summed E-state index contributed by atoms with van der Waals surface area (Å²) in [4.78, 5) is 15.8. The monoisotopic (exact) mass is 242 g/mol. The summed E-state index contributed by atoms with van der Waals surface area (Å²) in [6.07, 6.45) is 3.65. The molecule has 1 N–H and O–H groups in total. The molecule has 1 heterocycles. The van der Waals surface area contributed by atoms with E-state index in [1.165, 1.54) is 13.3 Å². The van der Waals surface area contributed by atoms with Crippen molar-refractivity contribution >= 4 is 23.2 Å². The second-order valence-corrected chi connectivity index (χ2v) is 4.01. The highest BCUT2D eigenvalue weighted by molar-refractivity contribution is 6.33. The number of nitrogens with zero attached hydrogens (tertiary/aromatic N) is 1. The number of carbonyl (C=O) groups excluding carboxylic acids is 1. The van der Waals surface area contributed by atoms with Crippen LogP contribution in [0.2, 0.25) is 5.02 Å².